The fourth-order valence-electron chi connectivity index (χ4n) is 3.47. The van der Waals surface area contributed by atoms with Crippen molar-refractivity contribution in [2.24, 2.45) is 0 Å². The summed E-state index contributed by atoms with van der Waals surface area (Å²) >= 11 is 12.2. The first kappa shape index (κ1) is 27.4. The van der Waals surface area contributed by atoms with Gasteiger partial charge in [-0.1, -0.05) is 53.5 Å². The van der Waals surface area contributed by atoms with Gasteiger partial charge >= 0.3 is 0 Å². The van der Waals surface area contributed by atoms with Crippen LogP contribution in [-0.2, 0) is 26.2 Å². The number of likely N-dealkylation sites (N-methyl/N-ethyl adjacent to an activating group) is 1. The van der Waals surface area contributed by atoms with Crippen molar-refractivity contribution >= 4 is 50.7 Å². The lowest BCUT2D eigenvalue weighted by atomic mass is 10.1. The normalized spacial score (nSPS) is 12.0. The molecule has 190 valence electrons. The van der Waals surface area contributed by atoms with Crippen LogP contribution in [0.3, 0.4) is 0 Å². The Balaban J connectivity index is 2.04. The van der Waals surface area contributed by atoms with Gasteiger partial charge in [-0.2, -0.15) is 0 Å². The average molecular weight is 552 g/mol. The Bertz CT molecular complexity index is 1340. The average Bonchev–Trinajstić information content (AvgIpc) is 2.88. The minimum absolute atomic E-state index is 0.0340. The smallest absolute Gasteiger partial charge is 0.264 e. The Morgan fingerprint density at radius 2 is 1.61 bits per heavy atom. The fraction of sp³-hybridized carbons (Fsp3) is 0.200. The summed E-state index contributed by atoms with van der Waals surface area (Å²) in [5, 5.41) is 2.82. The second-order valence-electron chi connectivity index (χ2n) is 7.86. The minimum atomic E-state index is -4.21. The first-order valence-corrected chi connectivity index (χ1v) is 13.0. The topological polar surface area (TPSA) is 86.8 Å². The molecule has 0 spiro atoms. The van der Waals surface area contributed by atoms with Gasteiger partial charge in [0.25, 0.3) is 10.0 Å². The first-order valence-electron chi connectivity index (χ1n) is 10.8. The van der Waals surface area contributed by atoms with Crippen LogP contribution in [-0.4, -0.2) is 44.8 Å². The number of nitrogens with zero attached hydrogens (tertiary/aromatic N) is 2. The van der Waals surface area contributed by atoms with E-state index in [9.17, 15) is 22.4 Å². The monoisotopic (exact) mass is 551 g/mol. The summed E-state index contributed by atoms with van der Waals surface area (Å²) in [6, 6.07) is 16.4. The number of hydrogen-bond donors (Lipinski definition) is 1. The third kappa shape index (κ3) is 6.34. The van der Waals surface area contributed by atoms with E-state index in [1.807, 2.05) is 0 Å². The van der Waals surface area contributed by atoms with Crippen molar-refractivity contribution in [1.29, 1.82) is 0 Å². The summed E-state index contributed by atoms with van der Waals surface area (Å²) in [5.74, 6) is -1.55. The van der Waals surface area contributed by atoms with Crippen LogP contribution in [0.2, 0.25) is 10.0 Å². The van der Waals surface area contributed by atoms with Crippen LogP contribution in [0.4, 0.5) is 10.1 Å². The molecule has 0 fully saturated rings. The Kier molecular flexibility index (Phi) is 8.94. The van der Waals surface area contributed by atoms with Crippen LogP contribution >= 0.6 is 23.2 Å². The molecule has 0 aliphatic heterocycles. The van der Waals surface area contributed by atoms with E-state index in [0.29, 0.717) is 5.56 Å². The Hall–Kier alpha value is -3.14. The molecule has 0 bridgehead atoms. The van der Waals surface area contributed by atoms with Gasteiger partial charge in [0.05, 0.1) is 20.6 Å². The Morgan fingerprint density at radius 1 is 0.972 bits per heavy atom. The van der Waals surface area contributed by atoms with Crippen molar-refractivity contribution in [2.75, 3.05) is 17.9 Å². The number of carbonyl (C=O) groups excluding carboxylic acids is 2. The number of benzene rings is 3. The molecule has 1 N–H and O–H groups in total. The van der Waals surface area contributed by atoms with Crippen molar-refractivity contribution in [3.05, 3.63) is 94.2 Å². The molecule has 0 heterocycles. The molecular weight excluding hydrogens is 528 g/mol. The highest BCUT2D eigenvalue weighted by Crippen LogP contribution is 2.30. The van der Waals surface area contributed by atoms with E-state index in [0.717, 1.165) is 4.31 Å². The van der Waals surface area contributed by atoms with Gasteiger partial charge in [-0.3, -0.25) is 13.9 Å². The molecule has 0 radical (unpaired) electrons. The predicted octanol–water partition coefficient (Wildman–Crippen LogP) is 4.49. The van der Waals surface area contributed by atoms with Crippen LogP contribution in [0.1, 0.15) is 12.5 Å². The third-order valence-corrected chi connectivity index (χ3v) is 8.01. The second-order valence-corrected chi connectivity index (χ2v) is 10.5. The van der Waals surface area contributed by atoms with Gasteiger partial charge in [-0.25, -0.2) is 12.8 Å². The Morgan fingerprint density at radius 3 is 2.19 bits per heavy atom. The molecule has 3 aromatic rings. The van der Waals surface area contributed by atoms with Crippen molar-refractivity contribution in [2.45, 2.75) is 24.4 Å². The zero-order valence-corrected chi connectivity index (χ0v) is 21.8. The zero-order valence-electron chi connectivity index (χ0n) is 19.5. The van der Waals surface area contributed by atoms with E-state index in [2.05, 4.69) is 5.32 Å². The van der Waals surface area contributed by atoms with Crippen molar-refractivity contribution < 1.29 is 22.4 Å². The van der Waals surface area contributed by atoms with Crippen LogP contribution in [0.25, 0.3) is 0 Å². The summed E-state index contributed by atoms with van der Waals surface area (Å²) in [4.78, 5) is 27.2. The largest absolute Gasteiger partial charge is 0.357 e. The summed E-state index contributed by atoms with van der Waals surface area (Å²) in [6.45, 7) is 0.849. The molecule has 11 heteroatoms. The van der Waals surface area contributed by atoms with Crippen LogP contribution in [0.5, 0.6) is 0 Å². The standard InChI is InChI=1S/C25H24Cl2FN3O4S/c1-17(25(33)29-2)30(15-18-8-10-19(28)11-9-18)24(32)16-31(20-12-13-22(26)23(27)14-20)36(34,35)21-6-4-3-5-7-21/h3-14,17H,15-16H2,1-2H3,(H,29,33)/t17-/m0/s1. The number of nitrogens with one attached hydrogen (secondary N) is 1. The molecule has 3 aromatic carbocycles. The minimum Gasteiger partial charge on any atom is -0.357 e. The number of anilines is 1. The van der Waals surface area contributed by atoms with Gasteiger partial charge in [0.15, 0.2) is 0 Å². The van der Waals surface area contributed by atoms with Gasteiger partial charge in [-0.15, -0.1) is 0 Å². The molecule has 0 aliphatic rings. The van der Waals surface area contributed by atoms with E-state index < -0.39 is 40.2 Å². The van der Waals surface area contributed by atoms with E-state index >= 15 is 0 Å². The van der Waals surface area contributed by atoms with Crippen LogP contribution in [0.15, 0.2) is 77.7 Å². The molecule has 0 saturated carbocycles. The quantitative estimate of drug-likeness (QED) is 0.424. The summed E-state index contributed by atoms with van der Waals surface area (Å²) < 4.78 is 41.5. The highest BCUT2D eigenvalue weighted by Gasteiger charge is 2.32. The maximum Gasteiger partial charge on any atom is 0.264 e. The highest BCUT2D eigenvalue weighted by molar-refractivity contribution is 7.92. The number of amides is 2. The van der Waals surface area contributed by atoms with E-state index in [4.69, 9.17) is 23.2 Å². The molecule has 0 saturated heterocycles. The summed E-state index contributed by atoms with van der Waals surface area (Å²) in [6.07, 6.45) is 0. The van der Waals surface area contributed by atoms with Gasteiger partial charge in [0, 0.05) is 13.6 Å². The molecule has 0 unspecified atom stereocenters. The first-order chi connectivity index (χ1) is 17.0. The maximum absolute atomic E-state index is 13.6. The predicted molar refractivity (Wildman–Crippen MR) is 138 cm³/mol. The lowest BCUT2D eigenvalue weighted by Crippen LogP contribution is -2.50. The summed E-state index contributed by atoms with van der Waals surface area (Å²) in [5.41, 5.74) is 0.684. The van der Waals surface area contributed by atoms with E-state index in [1.165, 1.54) is 73.5 Å². The molecule has 0 aromatic heterocycles. The zero-order chi connectivity index (χ0) is 26.5. The molecule has 3 rings (SSSR count). The number of hydrogen-bond acceptors (Lipinski definition) is 4. The number of carbonyl (C=O) groups is 2. The van der Waals surface area contributed by atoms with Gasteiger partial charge < -0.3 is 10.2 Å². The van der Waals surface area contributed by atoms with Crippen molar-refractivity contribution in [3.8, 4) is 0 Å². The number of rotatable bonds is 9. The lowest BCUT2D eigenvalue weighted by molar-refractivity contribution is -0.139. The van der Waals surface area contributed by atoms with Crippen LogP contribution < -0.4 is 9.62 Å². The van der Waals surface area contributed by atoms with Gasteiger partial charge in [-0.05, 0) is 55.0 Å². The molecule has 36 heavy (non-hydrogen) atoms. The van der Waals surface area contributed by atoms with Crippen LogP contribution in [0, 0.1) is 5.82 Å². The van der Waals surface area contributed by atoms with Gasteiger partial charge in [0.1, 0.15) is 18.4 Å². The van der Waals surface area contributed by atoms with E-state index in [-0.39, 0.29) is 27.2 Å². The number of sulfonamides is 1. The molecule has 0 aliphatic carbocycles. The molecule has 1 atom stereocenters. The lowest BCUT2D eigenvalue weighted by Gasteiger charge is -2.31. The van der Waals surface area contributed by atoms with Crippen molar-refractivity contribution in [3.63, 3.8) is 0 Å². The maximum atomic E-state index is 13.6. The molecule has 7 nitrogen and oxygen atoms in total. The second kappa shape index (κ2) is 11.7. The number of halogens is 3. The molecular formula is C25H24Cl2FN3O4S. The SMILES string of the molecule is CNC(=O)[C@H](C)N(Cc1ccc(F)cc1)C(=O)CN(c1ccc(Cl)c(Cl)c1)S(=O)(=O)c1ccccc1. The fourth-order valence-corrected chi connectivity index (χ4v) is 5.19. The van der Waals surface area contributed by atoms with E-state index in [1.54, 1.807) is 18.2 Å². The highest BCUT2D eigenvalue weighted by atomic mass is 35.5. The van der Waals surface area contributed by atoms with Crippen molar-refractivity contribution in [1.82, 2.24) is 10.2 Å². The summed E-state index contributed by atoms with van der Waals surface area (Å²) in [7, 11) is -2.78. The molecule has 2 amide bonds. The third-order valence-electron chi connectivity index (χ3n) is 5.48. The Labute approximate surface area is 219 Å². The van der Waals surface area contributed by atoms with Gasteiger partial charge in [0.2, 0.25) is 11.8 Å².